The lowest BCUT2D eigenvalue weighted by Crippen LogP contribution is -2.29. The molecule has 4 heteroatoms. The highest BCUT2D eigenvalue weighted by molar-refractivity contribution is 5.78. The van der Waals surface area contributed by atoms with E-state index in [-0.39, 0.29) is 17.9 Å². The first-order valence-electron chi connectivity index (χ1n) is 4.47. The van der Waals surface area contributed by atoms with Crippen LogP contribution in [0.1, 0.15) is 25.7 Å². The van der Waals surface area contributed by atoms with Gasteiger partial charge in [-0.05, 0) is 12.8 Å². The molecule has 4 nitrogen and oxygen atoms in total. The van der Waals surface area contributed by atoms with Gasteiger partial charge in [0.2, 0.25) is 5.91 Å². The molecule has 1 atom stereocenters. The molecule has 0 spiro atoms. The first-order valence-corrected chi connectivity index (χ1v) is 4.47. The molecule has 1 aliphatic rings. The summed E-state index contributed by atoms with van der Waals surface area (Å²) >= 11 is 0. The molecule has 0 saturated carbocycles. The molecule has 1 fully saturated rings. The van der Waals surface area contributed by atoms with E-state index in [1.807, 2.05) is 0 Å². The Hall–Kier alpha value is -1.06. The van der Waals surface area contributed by atoms with Crippen LogP contribution in [-0.4, -0.2) is 37.0 Å². The van der Waals surface area contributed by atoms with E-state index < -0.39 is 0 Å². The Kier molecular flexibility index (Phi) is 3.28. The van der Waals surface area contributed by atoms with Crippen molar-refractivity contribution in [3.05, 3.63) is 0 Å². The Bertz CT molecular complexity index is 215. The fourth-order valence-corrected chi connectivity index (χ4v) is 1.59. The second-order valence-corrected chi connectivity index (χ2v) is 3.31. The summed E-state index contributed by atoms with van der Waals surface area (Å²) < 4.78 is 4.53. The molecule has 1 amide bonds. The molecular formula is C9H15NO3. The summed E-state index contributed by atoms with van der Waals surface area (Å²) in [5, 5.41) is 0. The Labute approximate surface area is 77.8 Å². The lowest BCUT2D eigenvalue weighted by atomic mass is 10.1. The van der Waals surface area contributed by atoms with Gasteiger partial charge in [0.05, 0.1) is 7.11 Å². The average molecular weight is 185 g/mol. The third-order valence-electron chi connectivity index (χ3n) is 2.54. The summed E-state index contributed by atoms with van der Waals surface area (Å²) in [6.07, 6.45) is 2.60. The highest BCUT2D eigenvalue weighted by Crippen LogP contribution is 2.20. The number of hydrogen-bond acceptors (Lipinski definition) is 3. The van der Waals surface area contributed by atoms with Crippen LogP contribution in [0.2, 0.25) is 0 Å². The quantitative estimate of drug-likeness (QED) is 0.603. The third kappa shape index (κ3) is 2.44. The molecule has 1 heterocycles. The molecule has 74 valence electrons. The first kappa shape index (κ1) is 10.0. The molecular weight excluding hydrogens is 170 g/mol. The molecule has 0 aromatic heterocycles. The maximum absolute atomic E-state index is 11.1. The van der Waals surface area contributed by atoms with Crippen molar-refractivity contribution < 1.29 is 14.3 Å². The molecule has 0 aromatic carbocycles. The van der Waals surface area contributed by atoms with Crippen LogP contribution in [0.4, 0.5) is 0 Å². The normalized spacial score (nSPS) is 22.2. The van der Waals surface area contributed by atoms with Gasteiger partial charge < -0.3 is 9.64 Å². The van der Waals surface area contributed by atoms with Gasteiger partial charge in [-0.1, -0.05) is 0 Å². The number of nitrogens with zero attached hydrogens (tertiary/aromatic N) is 1. The van der Waals surface area contributed by atoms with Gasteiger partial charge in [0.15, 0.2) is 0 Å². The number of ether oxygens (including phenoxy) is 1. The predicted molar refractivity (Wildman–Crippen MR) is 47.0 cm³/mol. The van der Waals surface area contributed by atoms with Crippen LogP contribution in [0.15, 0.2) is 0 Å². The van der Waals surface area contributed by atoms with E-state index in [1.165, 1.54) is 7.11 Å². The maximum Gasteiger partial charge on any atom is 0.305 e. The van der Waals surface area contributed by atoms with Crippen LogP contribution in [-0.2, 0) is 14.3 Å². The summed E-state index contributed by atoms with van der Waals surface area (Å²) in [5.74, 6) is -0.0254. The zero-order valence-electron chi connectivity index (χ0n) is 8.08. The standard InChI is InChI=1S/C9H15NO3/c1-10-7(3-5-8(10)11)4-6-9(12)13-2/h7H,3-6H2,1-2H3/t7-/m0/s1. The van der Waals surface area contributed by atoms with E-state index >= 15 is 0 Å². The van der Waals surface area contributed by atoms with Gasteiger partial charge in [-0.3, -0.25) is 9.59 Å². The van der Waals surface area contributed by atoms with Crippen molar-refractivity contribution in [1.29, 1.82) is 0 Å². The average Bonchev–Trinajstić information content (AvgIpc) is 2.44. The van der Waals surface area contributed by atoms with Crippen LogP contribution in [0, 0.1) is 0 Å². The Balaban J connectivity index is 2.30. The zero-order chi connectivity index (χ0) is 9.84. The number of esters is 1. The molecule has 0 unspecified atom stereocenters. The Morgan fingerprint density at radius 3 is 2.85 bits per heavy atom. The molecule has 0 aromatic rings. The van der Waals surface area contributed by atoms with E-state index in [4.69, 9.17) is 0 Å². The summed E-state index contributed by atoms with van der Waals surface area (Å²) in [5.41, 5.74) is 0. The van der Waals surface area contributed by atoms with Gasteiger partial charge in [0.25, 0.3) is 0 Å². The number of likely N-dealkylation sites (tertiary alicyclic amines) is 1. The van der Waals surface area contributed by atoms with Crippen LogP contribution in [0.3, 0.4) is 0 Å². The highest BCUT2D eigenvalue weighted by atomic mass is 16.5. The van der Waals surface area contributed by atoms with E-state index in [0.29, 0.717) is 12.8 Å². The molecule has 0 N–H and O–H groups in total. The number of amides is 1. The molecule has 1 aliphatic heterocycles. The minimum Gasteiger partial charge on any atom is -0.469 e. The minimum absolute atomic E-state index is 0.176. The van der Waals surface area contributed by atoms with E-state index in [2.05, 4.69) is 4.74 Å². The number of hydrogen-bond donors (Lipinski definition) is 0. The minimum atomic E-state index is -0.201. The van der Waals surface area contributed by atoms with Crippen molar-refractivity contribution in [3.8, 4) is 0 Å². The molecule has 1 rings (SSSR count). The molecule has 0 radical (unpaired) electrons. The monoisotopic (exact) mass is 185 g/mol. The summed E-state index contributed by atoms with van der Waals surface area (Å²) in [6, 6.07) is 0.228. The smallest absolute Gasteiger partial charge is 0.305 e. The van der Waals surface area contributed by atoms with Crippen LogP contribution >= 0.6 is 0 Å². The number of methoxy groups -OCH3 is 1. The van der Waals surface area contributed by atoms with Gasteiger partial charge in [0.1, 0.15) is 0 Å². The predicted octanol–water partition coefficient (Wildman–Crippen LogP) is 0.560. The van der Waals surface area contributed by atoms with Crippen molar-refractivity contribution in [1.82, 2.24) is 4.90 Å². The number of carbonyl (C=O) groups excluding carboxylic acids is 2. The van der Waals surface area contributed by atoms with Crippen molar-refractivity contribution >= 4 is 11.9 Å². The third-order valence-corrected chi connectivity index (χ3v) is 2.54. The lowest BCUT2D eigenvalue weighted by Gasteiger charge is -2.18. The van der Waals surface area contributed by atoms with E-state index in [0.717, 1.165) is 12.8 Å². The van der Waals surface area contributed by atoms with Gasteiger partial charge in [0, 0.05) is 25.9 Å². The molecule has 0 bridgehead atoms. The van der Waals surface area contributed by atoms with Crippen molar-refractivity contribution in [2.75, 3.05) is 14.2 Å². The van der Waals surface area contributed by atoms with Crippen LogP contribution in [0.5, 0.6) is 0 Å². The summed E-state index contributed by atoms with van der Waals surface area (Å²) in [6.45, 7) is 0. The largest absolute Gasteiger partial charge is 0.469 e. The second kappa shape index (κ2) is 4.25. The topological polar surface area (TPSA) is 46.6 Å². The summed E-state index contributed by atoms with van der Waals surface area (Å²) in [7, 11) is 3.17. The van der Waals surface area contributed by atoms with Gasteiger partial charge in [-0.15, -0.1) is 0 Å². The maximum atomic E-state index is 11.1. The van der Waals surface area contributed by atoms with Crippen molar-refractivity contribution in [2.24, 2.45) is 0 Å². The van der Waals surface area contributed by atoms with E-state index in [1.54, 1.807) is 11.9 Å². The SMILES string of the molecule is COC(=O)CC[C@@H]1CCC(=O)N1C. The van der Waals surface area contributed by atoms with Gasteiger partial charge >= 0.3 is 5.97 Å². The van der Waals surface area contributed by atoms with Crippen LogP contribution in [0.25, 0.3) is 0 Å². The molecule has 13 heavy (non-hydrogen) atoms. The molecule has 0 aliphatic carbocycles. The zero-order valence-corrected chi connectivity index (χ0v) is 8.08. The Morgan fingerprint density at radius 1 is 1.69 bits per heavy atom. The Morgan fingerprint density at radius 2 is 2.38 bits per heavy atom. The van der Waals surface area contributed by atoms with E-state index in [9.17, 15) is 9.59 Å². The van der Waals surface area contributed by atoms with Gasteiger partial charge in [-0.2, -0.15) is 0 Å². The fraction of sp³-hybridized carbons (Fsp3) is 0.778. The fourth-order valence-electron chi connectivity index (χ4n) is 1.59. The number of carbonyl (C=O) groups is 2. The lowest BCUT2D eigenvalue weighted by molar-refractivity contribution is -0.141. The number of rotatable bonds is 3. The van der Waals surface area contributed by atoms with Gasteiger partial charge in [-0.25, -0.2) is 0 Å². The summed E-state index contributed by atoms with van der Waals surface area (Å²) in [4.78, 5) is 23.7. The highest BCUT2D eigenvalue weighted by Gasteiger charge is 2.27. The van der Waals surface area contributed by atoms with Crippen molar-refractivity contribution in [3.63, 3.8) is 0 Å². The van der Waals surface area contributed by atoms with Crippen molar-refractivity contribution in [2.45, 2.75) is 31.7 Å². The second-order valence-electron chi connectivity index (χ2n) is 3.31. The van der Waals surface area contributed by atoms with Crippen LogP contribution < -0.4 is 0 Å². The molecule has 1 saturated heterocycles. The first-order chi connectivity index (χ1) is 6.15.